The van der Waals surface area contributed by atoms with Crippen molar-refractivity contribution in [3.8, 4) is 0 Å². The molecule has 0 aliphatic heterocycles. The number of hydrogen-bond donors (Lipinski definition) is 1. The standard InChI is InChI=1S/C13H16FNO/c1-9-4-2-7-11(12(9)14)13(16)15-8-10-5-3-6-10/h2,4,7,10H,3,5-6,8H2,1H3,(H,15,16). The monoisotopic (exact) mass is 221 g/mol. The Kier molecular flexibility index (Phi) is 3.22. The first-order valence-corrected chi connectivity index (χ1v) is 5.72. The molecule has 0 aromatic heterocycles. The highest BCUT2D eigenvalue weighted by atomic mass is 19.1. The maximum absolute atomic E-state index is 13.6. The van der Waals surface area contributed by atoms with Gasteiger partial charge in [-0.3, -0.25) is 4.79 Å². The van der Waals surface area contributed by atoms with Gasteiger partial charge in [0.1, 0.15) is 5.82 Å². The van der Waals surface area contributed by atoms with Gasteiger partial charge in [0.2, 0.25) is 0 Å². The van der Waals surface area contributed by atoms with Crippen LogP contribution in [0, 0.1) is 18.7 Å². The number of nitrogens with one attached hydrogen (secondary N) is 1. The van der Waals surface area contributed by atoms with Crippen molar-refractivity contribution in [3.63, 3.8) is 0 Å². The highest BCUT2D eigenvalue weighted by Crippen LogP contribution is 2.25. The van der Waals surface area contributed by atoms with E-state index in [0.717, 1.165) is 0 Å². The molecule has 2 rings (SSSR count). The third kappa shape index (κ3) is 2.23. The van der Waals surface area contributed by atoms with Crippen LogP contribution in [0.1, 0.15) is 35.2 Å². The third-order valence-corrected chi connectivity index (χ3v) is 3.21. The fourth-order valence-electron chi connectivity index (χ4n) is 1.85. The van der Waals surface area contributed by atoms with Gasteiger partial charge in [-0.15, -0.1) is 0 Å². The summed E-state index contributed by atoms with van der Waals surface area (Å²) in [6, 6.07) is 4.90. The van der Waals surface area contributed by atoms with Crippen LogP contribution >= 0.6 is 0 Å². The number of benzene rings is 1. The van der Waals surface area contributed by atoms with Crippen LogP contribution in [0.2, 0.25) is 0 Å². The van der Waals surface area contributed by atoms with Gasteiger partial charge in [0.15, 0.2) is 0 Å². The Balaban J connectivity index is 1.99. The second-order valence-corrected chi connectivity index (χ2v) is 4.44. The van der Waals surface area contributed by atoms with Crippen molar-refractivity contribution in [2.75, 3.05) is 6.54 Å². The summed E-state index contributed by atoms with van der Waals surface area (Å²) in [4.78, 5) is 11.7. The van der Waals surface area contributed by atoms with Crippen molar-refractivity contribution in [2.24, 2.45) is 5.92 Å². The van der Waals surface area contributed by atoms with Crippen molar-refractivity contribution in [1.29, 1.82) is 0 Å². The minimum Gasteiger partial charge on any atom is -0.352 e. The molecule has 0 saturated heterocycles. The van der Waals surface area contributed by atoms with E-state index in [2.05, 4.69) is 5.32 Å². The first-order valence-electron chi connectivity index (χ1n) is 5.72. The van der Waals surface area contributed by atoms with Gasteiger partial charge in [-0.05, 0) is 37.3 Å². The van der Waals surface area contributed by atoms with Crippen LogP contribution in [-0.4, -0.2) is 12.5 Å². The molecule has 0 radical (unpaired) electrons. The molecule has 3 heteroatoms. The Hall–Kier alpha value is -1.38. The molecular weight excluding hydrogens is 205 g/mol. The Bertz CT molecular complexity index is 399. The van der Waals surface area contributed by atoms with Gasteiger partial charge in [-0.1, -0.05) is 18.6 Å². The zero-order chi connectivity index (χ0) is 11.5. The molecule has 0 spiro atoms. The zero-order valence-electron chi connectivity index (χ0n) is 9.42. The molecule has 86 valence electrons. The van der Waals surface area contributed by atoms with Crippen molar-refractivity contribution >= 4 is 5.91 Å². The normalized spacial score (nSPS) is 15.6. The molecule has 0 unspecified atom stereocenters. The molecule has 2 nitrogen and oxygen atoms in total. The van der Waals surface area contributed by atoms with E-state index >= 15 is 0 Å². The van der Waals surface area contributed by atoms with E-state index in [9.17, 15) is 9.18 Å². The van der Waals surface area contributed by atoms with E-state index in [1.807, 2.05) is 0 Å². The van der Waals surface area contributed by atoms with Crippen molar-refractivity contribution < 1.29 is 9.18 Å². The van der Waals surface area contributed by atoms with E-state index in [1.54, 1.807) is 19.1 Å². The van der Waals surface area contributed by atoms with Crippen LogP contribution in [0.4, 0.5) is 4.39 Å². The van der Waals surface area contributed by atoms with Gasteiger partial charge in [-0.25, -0.2) is 4.39 Å². The van der Waals surface area contributed by atoms with Gasteiger partial charge in [0.25, 0.3) is 5.91 Å². The lowest BCUT2D eigenvalue weighted by atomic mass is 9.85. The largest absolute Gasteiger partial charge is 0.352 e. The Morgan fingerprint density at radius 2 is 2.25 bits per heavy atom. The molecule has 0 bridgehead atoms. The average molecular weight is 221 g/mol. The van der Waals surface area contributed by atoms with Gasteiger partial charge in [-0.2, -0.15) is 0 Å². The average Bonchev–Trinajstić information content (AvgIpc) is 2.19. The number of amides is 1. The number of rotatable bonds is 3. The molecule has 1 aromatic rings. The topological polar surface area (TPSA) is 29.1 Å². The van der Waals surface area contributed by atoms with E-state index in [1.165, 1.54) is 25.3 Å². The lowest BCUT2D eigenvalue weighted by Crippen LogP contribution is -2.32. The Morgan fingerprint density at radius 1 is 1.50 bits per heavy atom. The fourth-order valence-corrected chi connectivity index (χ4v) is 1.85. The predicted octanol–water partition coefficient (Wildman–Crippen LogP) is 2.66. The summed E-state index contributed by atoms with van der Waals surface area (Å²) < 4.78 is 13.6. The molecule has 1 aliphatic rings. The van der Waals surface area contributed by atoms with Gasteiger partial charge in [0, 0.05) is 6.54 Å². The minimum absolute atomic E-state index is 0.152. The van der Waals surface area contributed by atoms with Crippen LogP contribution in [-0.2, 0) is 0 Å². The molecule has 1 fully saturated rings. The number of aryl methyl sites for hydroxylation is 1. The van der Waals surface area contributed by atoms with Crippen molar-refractivity contribution in [1.82, 2.24) is 5.32 Å². The lowest BCUT2D eigenvalue weighted by Gasteiger charge is -2.25. The van der Waals surface area contributed by atoms with E-state index < -0.39 is 5.82 Å². The maximum atomic E-state index is 13.6. The van der Waals surface area contributed by atoms with Crippen LogP contribution in [0.15, 0.2) is 18.2 Å². The summed E-state index contributed by atoms with van der Waals surface area (Å²) in [6.45, 7) is 2.34. The SMILES string of the molecule is Cc1cccc(C(=O)NCC2CCC2)c1F. The third-order valence-electron chi connectivity index (χ3n) is 3.21. The van der Waals surface area contributed by atoms with Gasteiger partial charge < -0.3 is 5.32 Å². The molecule has 1 aliphatic carbocycles. The number of hydrogen-bond acceptors (Lipinski definition) is 1. The number of carbonyl (C=O) groups is 1. The summed E-state index contributed by atoms with van der Waals surface area (Å²) in [5.41, 5.74) is 0.663. The molecule has 1 saturated carbocycles. The smallest absolute Gasteiger partial charge is 0.254 e. The lowest BCUT2D eigenvalue weighted by molar-refractivity contribution is 0.0935. The highest BCUT2D eigenvalue weighted by molar-refractivity contribution is 5.94. The minimum atomic E-state index is -0.409. The Labute approximate surface area is 94.9 Å². The summed E-state index contributed by atoms with van der Waals surface area (Å²) >= 11 is 0. The van der Waals surface area contributed by atoms with Crippen molar-refractivity contribution in [2.45, 2.75) is 26.2 Å². The summed E-state index contributed by atoms with van der Waals surface area (Å²) in [7, 11) is 0. The molecule has 1 aromatic carbocycles. The van der Waals surface area contributed by atoms with E-state index in [0.29, 0.717) is 18.0 Å². The van der Waals surface area contributed by atoms with Crippen LogP contribution < -0.4 is 5.32 Å². The highest BCUT2D eigenvalue weighted by Gasteiger charge is 2.19. The first kappa shape index (κ1) is 11.1. The molecule has 1 amide bonds. The van der Waals surface area contributed by atoms with Crippen molar-refractivity contribution in [3.05, 3.63) is 35.1 Å². The molecule has 16 heavy (non-hydrogen) atoms. The van der Waals surface area contributed by atoms with Crippen LogP contribution in [0.25, 0.3) is 0 Å². The molecule has 0 heterocycles. The first-order chi connectivity index (χ1) is 7.68. The molecule has 1 N–H and O–H groups in total. The van der Waals surface area contributed by atoms with Crippen LogP contribution in [0.5, 0.6) is 0 Å². The van der Waals surface area contributed by atoms with Gasteiger partial charge >= 0.3 is 0 Å². The summed E-state index contributed by atoms with van der Waals surface area (Å²) in [5.74, 6) is -0.112. The molecule has 0 atom stereocenters. The predicted molar refractivity (Wildman–Crippen MR) is 60.8 cm³/mol. The number of halogens is 1. The van der Waals surface area contributed by atoms with E-state index in [4.69, 9.17) is 0 Å². The Morgan fingerprint density at radius 3 is 2.88 bits per heavy atom. The quantitative estimate of drug-likeness (QED) is 0.835. The summed E-state index contributed by atoms with van der Waals surface area (Å²) in [5, 5.41) is 2.79. The summed E-state index contributed by atoms with van der Waals surface area (Å²) in [6.07, 6.45) is 3.60. The maximum Gasteiger partial charge on any atom is 0.254 e. The molecular formula is C13H16FNO. The van der Waals surface area contributed by atoms with Crippen LogP contribution in [0.3, 0.4) is 0 Å². The van der Waals surface area contributed by atoms with E-state index in [-0.39, 0.29) is 11.5 Å². The fraction of sp³-hybridized carbons (Fsp3) is 0.462. The van der Waals surface area contributed by atoms with Gasteiger partial charge in [0.05, 0.1) is 5.56 Å². The second-order valence-electron chi connectivity index (χ2n) is 4.44. The second kappa shape index (κ2) is 4.64. The zero-order valence-corrected chi connectivity index (χ0v) is 9.42. The number of carbonyl (C=O) groups excluding carboxylic acids is 1.